The Morgan fingerprint density at radius 1 is 1.10 bits per heavy atom. The summed E-state index contributed by atoms with van der Waals surface area (Å²) in [5.41, 5.74) is -0.235. The first kappa shape index (κ1) is 29.1. The van der Waals surface area contributed by atoms with Crippen LogP contribution >= 0.6 is 0 Å². The molecule has 0 aromatic heterocycles. The Labute approximate surface area is 227 Å². The molecule has 2 aromatic carbocycles. The number of amides is 1. The quantitative estimate of drug-likeness (QED) is 0.489. The molecule has 1 aliphatic carbocycles. The van der Waals surface area contributed by atoms with Gasteiger partial charge in [0.05, 0.1) is 37.1 Å². The number of nitrogens with zero attached hydrogens (tertiary/aromatic N) is 2. The number of hydrogen-bond donors (Lipinski definition) is 1. The molecular formula is C29H35F2N3O5. The van der Waals surface area contributed by atoms with E-state index in [9.17, 15) is 18.8 Å². The van der Waals surface area contributed by atoms with Gasteiger partial charge in [0.15, 0.2) is 23.0 Å². The smallest absolute Gasteiger partial charge is 0.252 e. The van der Waals surface area contributed by atoms with Crippen LogP contribution in [0.25, 0.3) is 0 Å². The number of ether oxygens (including phenoxy) is 4. The summed E-state index contributed by atoms with van der Waals surface area (Å²) >= 11 is 0. The monoisotopic (exact) mass is 543 g/mol. The molecule has 1 unspecified atom stereocenters. The molecule has 1 saturated heterocycles. The van der Waals surface area contributed by atoms with E-state index in [1.807, 2.05) is 19.0 Å². The second-order valence-electron chi connectivity index (χ2n) is 10.7. The zero-order chi connectivity index (χ0) is 28.2. The minimum Gasteiger partial charge on any atom is -0.370 e. The average molecular weight is 544 g/mol. The first-order valence-electron chi connectivity index (χ1n) is 13.0. The molecule has 2 aliphatic rings. The Balaban J connectivity index is 1.63. The number of fused-ring (bicyclic) bond motifs is 1. The summed E-state index contributed by atoms with van der Waals surface area (Å²) in [4.78, 5) is 15.7. The van der Waals surface area contributed by atoms with E-state index < -0.39 is 41.3 Å². The van der Waals surface area contributed by atoms with Crippen LogP contribution in [0.3, 0.4) is 0 Å². The zero-order valence-electron chi connectivity index (χ0n) is 22.7. The van der Waals surface area contributed by atoms with E-state index in [1.54, 1.807) is 38.1 Å². The van der Waals surface area contributed by atoms with Gasteiger partial charge in [-0.3, -0.25) is 4.79 Å². The molecule has 10 heteroatoms. The lowest BCUT2D eigenvalue weighted by atomic mass is 9.78. The summed E-state index contributed by atoms with van der Waals surface area (Å²) in [5.74, 6) is -3.22. The van der Waals surface area contributed by atoms with Crippen molar-refractivity contribution in [2.75, 3.05) is 27.2 Å². The molecule has 0 bridgehead atoms. The number of hydrogen-bond acceptors (Lipinski definition) is 7. The number of nitrogens with one attached hydrogen (secondary N) is 1. The normalized spacial score (nSPS) is 25.7. The van der Waals surface area contributed by atoms with Crippen molar-refractivity contribution in [3.05, 3.63) is 70.8 Å². The minimum atomic E-state index is -1.38. The topological polar surface area (TPSA) is 93.1 Å². The first-order chi connectivity index (χ1) is 18.5. The van der Waals surface area contributed by atoms with E-state index in [0.717, 1.165) is 6.07 Å². The highest BCUT2D eigenvalue weighted by Crippen LogP contribution is 2.44. The van der Waals surface area contributed by atoms with Crippen molar-refractivity contribution in [1.82, 2.24) is 10.2 Å². The molecule has 39 heavy (non-hydrogen) atoms. The average Bonchev–Trinajstić information content (AvgIpc) is 3.21. The van der Waals surface area contributed by atoms with Gasteiger partial charge in [0.1, 0.15) is 6.10 Å². The van der Waals surface area contributed by atoms with Gasteiger partial charge in [-0.25, -0.2) is 8.78 Å². The van der Waals surface area contributed by atoms with Gasteiger partial charge in [-0.15, -0.1) is 0 Å². The molecule has 2 fully saturated rings. The van der Waals surface area contributed by atoms with Crippen LogP contribution in [0, 0.1) is 23.0 Å². The minimum absolute atomic E-state index is 0.0116. The highest BCUT2D eigenvalue weighted by Gasteiger charge is 2.58. The summed E-state index contributed by atoms with van der Waals surface area (Å²) in [6.45, 7) is 4.35. The SMILES string of the molecule is CN(C)CCNC(=O)[C@@]1(OCc2ccccc2C#N)CC(OCc2cccc(F)c2F)[C@@H]2OC(C)(C)O[C@@H]2C1. The van der Waals surface area contributed by atoms with E-state index in [-0.39, 0.29) is 37.5 Å². The lowest BCUT2D eigenvalue weighted by Gasteiger charge is -2.43. The predicted octanol–water partition coefficient (Wildman–Crippen LogP) is 3.67. The third kappa shape index (κ3) is 6.80. The highest BCUT2D eigenvalue weighted by molar-refractivity contribution is 5.85. The van der Waals surface area contributed by atoms with Crippen molar-refractivity contribution in [2.45, 2.75) is 69.6 Å². The Morgan fingerprint density at radius 3 is 2.59 bits per heavy atom. The maximum absolute atomic E-state index is 14.4. The highest BCUT2D eigenvalue weighted by atomic mass is 19.2. The van der Waals surface area contributed by atoms with Crippen molar-refractivity contribution in [1.29, 1.82) is 5.26 Å². The van der Waals surface area contributed by atoms with E-state index in [0.29, 0.717) is 24.2 Å². The standard InChI is InChI=1S/C29H35F2N3O5/c1-28(2)38-24-15-29(27(35)33-12-13-34(3)4,37-18-20-9-6-5-8-19(20)16-32)14-23(26(24)39-28)36-17-21-10-7-11-22(30)25(21)31/h5-11,23-24,26H,12-15,17-18H2,1-4H3,(H,33,35)/t23?,24-,26+,29-/m1/s1. The molecule has 0 radical (unpaired) electrons. The molecule has 1 saturated carbocycles. The van der Waals surface area contributed by atoms with Gasteiger partial charge in [-0.05, 0) is 45.6 Å². The largest absolute Gasteiger partial charge is 0.370 e. The first-order valence-corrected chi connectivity index (χ1v) is 13.0. The number of nitriles is 1. The number of benzene rings is 2. The molecule has 8 nitrogen and oxygen atoms in total. The molecule has 1 amide bonds. The van der Waals surface area contributed by atoms with Gasteiger partial charge in [0, 0.05) is 31.5 Å². The summed E-state index contributed by atoms with van der Waals surface area (Å²) in [7, 11) is 3.81. The van der Waals surface area contributed by atoms with E-state index >= 15 is 0 Å². The molecule has 4 atom stereocenters. The molecule has 1 aliphatic heterocycles. The molecule has 1 heterocycles. The summed E-state index contributed by atoms with van der Waals surface area (Å²) in [5, 5.41) is 12.5. The second kappa shape index (κ2) is 12.1. The van der Waals surface area contributed by atoms with Crippen molar-refractivity contribution < 1.29 is 32.5 Å². The second-order valence-corrected chi connectivity index (χ2v) is 10.7. The van der Waals surface area contributed by atoms with Crippen molar-refractivity contribution in [3.63, 3.8) is 0 Å². The maximum atomic E-state index is 14.4. The van der Waals surface area contributed by atoms with Gasteiger partial charge < -0.3 is 29.2 Å². The van der Waals surface area contributed by atoms with Crippen LogP contribution in [0.2, 0.25) is 0 Å². The third-order valence-electron chi connectivity index (χ3n) is 7.03. The number of likely N-dealkylation sites (N-methyl/N-ethyl adjacent to an activating group) is 1. The van der Waals surface area contributed by atoms with Gasteiger partial charge in [0.25, 0.3) is 5.91 Å². The van der Waals surface area contributed by atoms with E-state index in [1.165, 1.54) is 12.1 Å². The fraction of sp³-hybridized carbons (Fsp3) is 0.517. The Bertz CT molecular complexity index is 1220. The van der Waals surface area contributed by atoms with Crippen molar-refractivity contribution >= 4 is 5.91 Å². The summed E-state index contributed by atoms with van der Waals surface area (Å²) in [6.07, 6.45) is -1.54. The predicted molar refractivity (Wildman–Crippen MR) is 138 cm³/mol. The van der Waals surface area contributed by atoms with Crippen molar-refractivity contribution in [2.24, 2.45) is 0 Å². The Morgan fingerprint density at radius 2 is 1.85 bits per heavy atom. The van der Waals surface area contributed by atoms with Gasteiger partial charge in [-0.2, -0.15) is 5.26 Å². The maximum Gasteiger partial charge on any atom is 0.252 e. The third-order valence-corrected chi connectivity index (χ3v) is 7.03. The van der Waals surface area contributed by atoms with Gasteiger partial charge in [0.2, 0.25) is 0 Å². The van der Waals surface area contributed by atoms with Gasteiger partial charge >= 0.3 is 0 Å². The molecule has 2 aromatic rings. The lowest BCUT2D eigenvalue weighted by molar-refractivity contribution is -0.183. The molecular weight excluding hydrogens is 508 g/mol. The Hall–Kier alpha value is -2.94. The van der Waals surface area contributed by atoms with Crippen LogP contribution < -0.4 is 5.32 Å². The zero-order valence-corrected chi connectivity index (χ0v) is 22.7. The molecule has 0 spiro atoms. The molecule has 4 rings (SSSR count). The van der Waals surface area contributed by atoms with Crippen LogP contribution in [0.5, 0.6) is 0 Å². The molecule has 1 N–H and O–H groups in total. The van der Waals surface area contributed by atoms with E-state index in [2.05, 4.69) is 11.4 Å². The van der Waals surface area contributed by atoms with Gasteiger partial charge in [-0.1, -0.05) is 30.3 Å². The number of carbonyl (C=O) groups is 1. The summed E-state index contributed by atoms with van der Waals surface area (Å²) < 4.78 is 53.0. The number of rotatable bonds is 10. The lowest BCUT2D eigenvalue weighted by Crippen LogP contribution is -2.60. The Kier molecular flexibility index (Phi) is 8.99. The molecule has 210 valence electrons. The van der Waals surface area contributed by atoms with Crippen LogP contribution in [-0.4, -0.2) is 67.7 Å². The van der Waals surface area contributed by atoms with E-state index in [4.69, 9.17) is 18.9 Å². The van der Waals surface area contributed by atoms with Crippen molar-refractivity contribution in [3.8, 4) is 6.07 Å². The fourth-order valence-corrected chi connectivity index (χ4v) is 5.09. The number of carbonyl (C=O) groups excluding carboxylic acids is 1. The van der Waals surface area contributed by atoms with Crippen LogP contribution in [0.4, 0.5) is 8.78 Å². The number of halogens is 2. The van der Waals surface area contributed by atoms with Crippen LogP contribution in [0.15, 0.2) is 42.5 Å². The van der Waals surface area contributed by atoms with Crippen LogP contribution in [-0.2, 0) is 37.0 Å². The summed E-state index contributed by atoms with van der Waals surface area (Å²) in [6, 6.07) is 13.1. The van der Waals surface area contributed by atoms with Crippen LogP contribution in [0.1, 0.15) is 43.4 Å². The fourth-order valence-electron chi connectivity index (χ4n) is 5.09.